The summed E-state index contributed by atoms with van der Waals surface area (Å²) in [7, 11) is 0. The van der Waals surface area contributed by atoms with Crippen LogP contribution in [0.3, 0.4) is 0 Å². The Kier molecular flexibility index (Phi) is 6.78. The molecule has 31 heavy (non-hydrogen) atoms. The number of halogens is 3. The van der Waals surface area contributed by atoms with Crippen LogP contribution in [0.25, 0.3) is 0 Å². The largest absolute Gasteiger partial charge is 0.444 e. The molecule has 1 aliphatic rings. The highest BCUT2D eigenvalue weighted by atomic mass is 35.5. The molecular weight excluding hydrogens is 430 g/mol. The van der Waals surface area contributed by atoms with Crippen molar-refractivity contribution in [3.8, 4) is 0 Å². The molecule has 1 saturated heterocycles. The minimum Gasteiger partial charge on any atom is -0.444 e. The number of pyridine rings is 1. The van der Waals surface area contributed by atoms with Crippen LogP contribution in [0.2, 0.25) is 5.28 Å². The molecule has 1 atom stereocenters. The van der Waals surface area contributed by atoms with Gasteiger partial charge in [-0.2, -0.15) is 14.4 Å². The Morgan fingerprint density at radius 1 is 1.19 bits per heavy atom. The number of anilines is 2. The summed E-state index contributed by atoms with van der Waals surface area (Å²) >= 11 is 6.04. The van der Waals surface area contributed by atoms with Gasteiger partial charge in [0, 0.05) is 26.2 Å². The van der Waals surface area contributed by atoms with Crippen molar-refractivity contribution in [2.75, 3.05) is 36.4 Å². The molecule has 2 aromatic rings. The van der Waals surface area contributed by atoms with Gasteiger partial charge in [-0.1, -0.05) is 0 Å². The number of carbonyl (C=O) groups is 1. The molecule has 1 fully saturated rings. The fourth-order valence-corrected chi connectivity index (χ4v) is 3.23. The zero-order valence-corrected chi connectivity index (χ0v) is 18.6. The average molecular weight is 455 g/mol. The second-order valence-corrected chi connectivity index (χ2v) is 8.54. The molecule has 0 aromatic carbocycles. The van der Waals surface area contributed by atoms with Crippen molar-refractivity contribution >= 4 is 29.3 Å². The molecule has 1 aliphatic heterocycles. The zero-order chi connectivity index (χ0) is 22.8. The summed E-state index contributed by atoms with van der Waals surface area (Å²) in [6, 6.07) is 2.34. The molecule has 168 valence electrons. The van der Waals surface area contributed by atoms with Crippen LogP contribution < -0.4 is 10.2 Å². The van der Waals surface area contributed by atoms with E-state index in [2.05, 4.69) is 20.3 Å². The molecule has 0 spiro atoms. The number of rotatable bonds is 4. The standard InChI is InChI=1S/C20H25ClF2N6O2/c1-12(14-6-5-13(22)11-24-14)25-16-15(23)17(27-18(21)26-16)28-7-9-29(10-8-28)19(30)31-20(2,3)4/h5-6,11-12H,7-10H2,1-4H3,(H,25,26,27). The molecule has 3 rings (SSSR count). The molecule has 8 nitrogen and oxygen atoms in total. The first-order chi connectivity index (χ1) is 14.5. The van der Waals surface area contributed by atoms with E-state index < -0.39 is 29.4 Å². The van der Waals surface area contributed by atoms with Crippen LogP contribution in [0, 0.1) is 11.6 Å². The van der Waals surface area contributed by atoms with E-state index in [0.717, 1.165) is 6.20 Å². The van der Waals surface area contributed by atoms with E-state index in [1.807, 2.05) is 0 Å². The van der Waals surface area contributed by atoms with Crippen molar-refractivity contribution in [1.29, 1.82) is 0 Å². The molecular formula is C20H25ClF2N6O2. The highest BCUT2D eigenvalue weighted by Gasteiger charge is 2.29. The molecule has 1 amide bonds. The highest BCUT2D eigenvalue weighted by molar-refractivity contribution is 6.28. The Bertz CT molecular complexity index is 931. The van der Waals surface area contributed by atoms with Crippen molar-refractivity contribution in [2.45, 2.75) is 39.3 Å². The van der Waals surface area contributed by atoms with E-state index in [0.29, 0.717) is 31.9 Å². The lowest BCUT2D eigenvalue weighted by Crippen LogP contribution is -2.50. The predicted octanol–water partition coefficient (Wildman–Crippen LogP) is 4.03. The van der Waals surface area contributed by atoms with E-state index in [1.54, 1.807) is 37.5 Å². The lowest BCUT2D eigenvalue weighted by atomic mass is 10.2. The average Bonchev–Trinajstić information content (AvgIpc) is 2.69. The third-order valence-corrected chi connectivity index (χ3v) is 4.75. The summed E-state index contributed by atoms with van der Waals surface area (Å²) in [4.78, 5) is 27.5. The molecule has 1 N–H and O–H groups in total. The first kappa shape index (κ1) is 22.9. The summed E-state index contributed by atoms with van der Waals surface area (Å²) in [6.45, 7) is 8.58. The molecule has 0 saturated carbocycles. The first-order valence-corrected chi connectivity index (χ1v) is 10.2. The minimum absolute atomic E-state index is 0.0469. The normalized spacial score (nSPS) is 15.6. The molecule has 0 bridgehead atoms. The van der Waals surface area contributed by atoms with E-state index in [9.17, 15) is 9.18 Å². The van der Waals surface area contributed by atoms with Crippen molar-refractivity contribution < 1.29 is 18.3 Å². The maximum atomic E-state index is 15.2. The number of aromatic nitrogens is 3. The van der Waals surface area contributed by atoms with Crippen LogP contribution in [-0.4, -0.2) is 57.7 Å². The van der Waals surface area contributed by atoms with Gasteiger partial charge in [0.05, 0.1) is 17.9 Å². The summed E-state index contributed by atoms with van der Waals surface area (Å²) in [5.41, 5.74) is -0.0694. The van der Waals surface area contributed by atoms with Gasteiger partial charge in [-0.05, 0) is 51.4 Å². The molecule has 0 radical (unpaired) electrons. The van der Waals surface area contributed by atoms with Gasteiger partial charge in [-0.25, -0.2) is 9.18 Å². The summed E-state index contributed by atoms with van der Waals surface area (Å²) in [6.07, 6.45) is 0.684. The van der Waals surface area contributed by atoms with Gasteiger partial charge in [0.25, 0.3) is 0 Å². The molecule has 1 unspecified atom stereocenters. The van der Waals surface area contributed by atoms with Gasteiger partial charge in [0.15, 0.2) is 11.6 Å². The second-order valence-electron chi connectivity index (χ2n) is 8.20. The van der Waals surface area contributed by atoms with Crippen molar-refractivity contribution in [3.05, 3.63) is 40.9 Å². The molecule has 3 heterocycles. The number of amides is 1. The van der Waals surface area contributed by atoms with Gasteiger partial charge >= 0.3 is 6.09 Å². The Hall–Kier alpha value is -2.75. The van der Waals surface area contributed by atoms with Crippen LogP contribution >= 0.6 is 11.6 Å². The third kappa shape index (κ3) is 5.90. The highest BCUT2D eigenvalue weighted by Crippen LogP contribution is 2.28. The lowest BCUT2D eigenvalue weighted by molar-refractivity contribution is 0.0240. The summed E-state index contributed by atoms with van der Waals surface area (Å²) in [5.74, 6) is -1.15. The smallest absolute Gasteiger partial charge is 0.410 e. The summed E-state index contributed by atoms with van der Waals surface area (Å²) in [5, 5.41) is 2.79. The van der Waals surface area contributed by atoms with E-state index >= 15 is 4.39 Å². The van der Waals surface area contributed by atoms with Crippen LogP contribution in [0.1, 0.15) is 39.4 Å². The monoisotopic (exact) mass is 454 g/mol. The van der Waals surface area contributed by atoms with Gasteiger partial charge in [-0.3, -0.25) is 4.98 Å². The second kappa shape index (κ2) is 9.17. The zero-order valence-electron chi connectivity index (χ0n) is 17.8. The SMILES string of the molecule is CC(Nc1nc(Cl)nc(N2CCN(C(=O)OC(C)(C)C)CC2)c1F)c1ccc(F)cn1. The van der Waals surface area contributed by atoms with Crippen LogP contribution in [0.4, 0.5) is 25.2 Å². The Morgan fingerprint density at radius 2 is 1.87 bits per heavy atom. The number of hydrogen-bond acceptors (Lipinski definition) is 7. The lowest BCUT2D eigenvalue weighted by Gasteiger charge is -2.36. The fourth-order valence-electron chi connectivity index (χ4n) is 3.06. The number of nitrogens with one attached hydrogen (secondary N) is 1. The van der Waals surface area contributed by atoms with Crippen LogP contribution in [0.5, 0.6) is 0 Å². The van der Waals surface area contributed by atoms with Gasteiger partial charge in [0.1, 0.15) is 11.4 Å². The Balaban J connectivity index is 1.71. The Labute approximate surface area is 184 Å². The topological polar surface area (TPSA) is 83.5 Å². The summed E-state index contributed by atoms with van der Waals surface area (Å²) < 4.78 is 33.7. The Morgan fingerprint density at radius 3 is 2.45 bits per heavy atom. The maximum absolute atomic E-state index is 15.2. The van der Waals surface area contributed by atoms with Gasteiger partial charge in [-0.15, -0.1) is 0 Å². The fraction of sp³-hybridized carbons (Fsp3) is 0.500. The van der Waals surface area contributed by atoms with Gasteiger partial charge < -0.3 is 19.9 Å². The molecule has 0 aliphatic carbocycles. The number of piperazine rings is 1. The maximum Gasteiger partial charge on any atom is 0.410 e. The van der Waals surface area contributed by atoms with E-state index in [-0.39, 0.29) is 16.9 Å². The number of hydrogen-bond donors (Lipinski definition) is 1. The van der Waals surface area contributed by atoms with Gasteiger partial charge in [0.2, 0.25) is 11.1 Å². The van der Waals surface area contributed by atoms with E-state index in [4.69, 9.17) is 16.3 Å². The number of nitrogens with zero attached hydrogens (tertiary/aromatic N) is 5. The molecule has 2 aromatic heterocycles. The number of ether oxygens (including phenoxy) is 1. The van der Waals surface area contributed by atoms with Crippen LogP contribution in [-0.2, 0) is 4.74 Å². The van der Waals surface area contributed by atoms with Crippen LogP contribution in [0.15, 0.2) is 18.3 Å². The van der Waals surface area contributed by atoms with Crippen molar-refractivity contribution in [1.82, 2.24) is 19.9 Å². The third-order valence-electron chi connectivity index (χ3n) is 4.58. The molecule has 11 heteroatoms. The van der Waals surface area contributed by atoms with Crippen molar-refractivity contribution in [3.63, 3.8) is 0 Å². The quantitative estimate of drug-likeness (QED) is 0.698. The predicted molar refractivity (Wildman–Crippen MR) is 113 cm³/mol. The number of carbonyl (C=O) groups excluding carboxylic acids is 1. The van der Waals surface area contributed by atoms with Crippen molar-refractivity contribution in [2.24, 2.45) is 0 Å². The minimum atomic E-state index is -0.663. The first-order valence-electron chi connectivity index (χ1n) is 9.87. The van der Waals surface area contributed by atoms with E-state index in [1.165, 1.54) is 12.1 Å².